The van der Waals surface area contributed by atoms with Crippen molar-refractivity contribution in [2.45, 2.75) is 32.1 Å². The quantitative estimate of drug-likeness (QED) is 0.783. The highest BCUT2D eigenvalue weighted by Crippen LogP contribution is 2.33. The molecule has 1 atom stereocenters. The monoisotopic (exact) mass is 344 g/mol. The average molecular weight is 344 g/mol. The van der Waals surface area contributed by atoms with Crippen molar-refractivity contribution >= 4 is 22.8 Å². The molecule has 0 saturated carbocycles. The van der Waals surface area contributed by atoms with Crippen LogP contribution < -0.4 is 11.5 Å². The van der Waals surface area contributed by atoms with E-state index in [2.05, 4.69) is 16.3 Å². The Bertz CT molecular complexity index is 873. The molecule has 4 heteroatoms. The molecular weight excluding hydrogens is 320 g/mol. The molecule has 1 aliphatic heterocycles. The second kappa shape index (κ2) is 7.16. The van der Waals surface area contributed by atoms with Gasteiger partial charge in [0, 0.05) is 22.9 Å². The maximum atomic E-state index is 5.85. The molecule has 0 fully saturated rings. The molecule has 2 aromatic rings. The third-order valence-electron chi connectivity index (χ3n) is 5.19. The zero-order valence-electron chi connectivity index (χ0n) is 14.9. The van der Waals surface area contributed by atoms with Gasteiger partial charge in [-0.1, -0.05) is 43.2 Å². The van der Waals surface area contributed by atoms with Crippen LogP contribution in [0, 0.1) is 5.92 Å². The molecule has 2 aromatic carbocycles. The van der Waals surface area contributed by atoms with Crippen LogP contribution in [-0.2, 0) is 0 Å². The third-order valence-corrected chi connectivity index (χ3v) is 5.19. The van der Waals surface area contributed by atoms with Crippen molar-refractivity contribution in [3.05, 3.63) is 71.3 Å². The van der Waals surface area contributed by atoms with Gasteiger partial charge in [-0.3, -0.25) is 0 Å². The number of hydrogen-bond donors (Lipinski definition) is 2. The smallest absolute Gasteiger partial charge is 0.0964 e. The van der Waals surface area contributed by atoms with Crippen LogP contribution in [0.25, 0.3) is 0 Å². The molecule has 1 heterocycles. The summed E-state index contributed by atoms with van der Waals surface area (Å²) >= 11 is 0. The number of anilines is 2. The van der Waals surface area contributed by atoms with Crippen LogP contribution in [0.5, 0.6) is 0 Å². The molecule has 132 valence electrons. The number of rotatable bonds is 2. The van der Waals surface area contributed by atoms with Crippen LogP contribution >= 0.6 is 0 Å². The summed E-state index contributed by atoms with van der Waals surface area (Å²) in [5.74, 6) is 0.281. The van der Waals surface area contributed by atoms with Gasteiger partial charge in [0.25, 0.3) is 0 Å². The number of hydrogen-bond acceptors (Lipinski definition) is 4. The molecule has 0 radical (unpaired) electrons. The van der Waals surface area contributed by atoms with Crippen LogP contribution in [0.4, 0.5) is 11.4 Å². The van der Waals surface area contributed by atoms with E-state index in [1.807, 2.05) is 48.5 Å². The van der Waals surface area contributed by atoms with E-state index in [4.69, 9.17) is 11.5 Å². The molecule has 2 aliphatic rings. The van der Waals surface area contributed by atoms with E-state index in [0.717, 1.165) is 46.8 Å². The van der Waals surface area contributed by atoms with E-state index in [9.17, 15) is 0 Å². The standard InChI is InChI=1S/C22H24N4/c23-17-11-7-15(8-12-17)21-19-5-3-1-2-4-6-20(19)22(26-25-21)16-9-13-18(24)14-10-16/h5,7-14,20H,1-4,6,23-24H2/b19-5+. The minimum absolute atomic E-state index is 0.281. The molecule has 4 rings (SSSR count). The van der Waals surface area contributed by atoms with E-state index in [1.54, 1.807) is 0 Å². The highest BCUT2D eigenvalue weighted by atomic mass is 15.2. The van der Waals surface area contributed by atoms with Gasteiger partial charge >= 0.3 is 0 Å². The number of nitrogens with two attached hydrogens (primary N) is 2. The van der Waals surface area contributed by atoms with Gasteiger partial charge in [0.15, 0.2) is 0 Å². The number of nitrogen functional groups attached to an aromatic ring is 2. The maximum Gasteiger partial charge on any atom is 0.0964 e. The van der Waals surface area contributed by atoms with Crippen molar-refractivity contribution in [2.75, 3.05) is 11.5 Å². The largest absolute Gasteiger partial charge is 0.399 e. The molecule has 0 saturated heterocycles. The first-order chi connectivity index (χ1) is 12.7. The summed E-state index contributed by atoms with van der Waals surface area (Å²) in [6, 6.07) is 15.9. The van der Waals surface area contributed by atoms with Crippen molar-refractivity contribution in [3.8, 4) is 0 Å². The van der Waals surface area contributed by atoms with Gasteiger partial charge < -0.3 is 11.5 Å². The molecular formula is C22H24N4. The fourth-order valence-corrected chi connectivity index (χ4v) is 3.78. The van der Waals surface area contributed by atoms with E-state index in [-0.39, 0.29) is 5.92 Å². The predicted molar refractivity (Wildman–Crippen MR) is 109 cm³/mol. The van der Waals surface area contributed by atoms with Gasteiger partial charge in [-0.25, -0.2) is 0 Å². The second-order valence-corrected chi connectivity index (χ2v) is 7.03. The number of benzene rings is 2. The summed E-state index contributed by atoms with van der Waals surface area (Å²) in [5, 5.41) is 9.29. The van der Waals surface area contributed by atoms with E-state index >= 15 is 0 Å². The van der Waals surface area contributed by atoms with Crippen LogP contribution in [0.3, 0.4) is 0 Å². The highest BCUT2D eigenvalue weighted by Gasteiger charge is 2.29. The molecule has 0 spiro atoms. The fraction of sp³-hybridized carbons (Fsp3) is 0.273. The summed E-state index contributed by atoms with van der Waals surface area (Å²) in [6.45, 7) is 0. The first kappa shape index (κ1) is 16.6. The minimum atomic E-state index is 0.281. The predicted octanol–water partition coefficient (Wildman–Crippen LogP) is 4.56. The Balaban J connectivity index is 1.81. The van der Waals surface area contributed by atoms with Crippen LogP contribution in [-0.4, -0.2) is 11.4 Å². The lowest BCUT2D eigenvalue weighted by Crippen LogP contribution is -2.27. The van der Waals surface area contributed by atoms with E-state index in [1.165, 1.54) is 24.8 Å². The third kappa shape index (κ3) is 3.27. The van der Waals surface area contributed by atoms with Crippen LogP contribution in [0.15, 0.2) is 70.4 Å². The van der Waals surface area contributed by atoms with Gasteiger partial charge in [0.1, 0.15) is 0 Å². The summed E-state index contributed by atoms with van der Waals surface area (Å²) in [7, 11) is 0. The van der Waals surface area contributed by atoms with Crippen molar-refractivity contribution in [1.29, 1.82) is 0 Å². The number of allylic oxidation sites excluding steroid dienone is 2. The molecule has 4 N–H and O–H groups in total. The van der Waals surface area contributed by atoms with Gasteiger partial charge in [-0.15, -0.1) is 5.10 Å². The average Bonchev–Trinajstić information content (AvgIpc) is 2.63. The first-order valence-electron chi connectivity index (χ1n) is 9.30. The summed E-state index contributed by atoms with van der Waals surface area (Å²) in [4.78, 5) is 0. The molecule has 4 nitrogen and oxygen atoms in total. The summed E-state index contributed by atoms with van der Waals surface area (Å²) in [5.41, 5.74) is 18.8. The lowest BCUT2D eigenvalue weighted by atomic mass is 9.79. The first-order valence-corrected chi connectivity index (χ1v) is 9.30. The number of fused-ring (bicyclic) bond motifs is 1. The van der Waals surface area contributed by atoms with Gasteiger partial charge in [0.2, 0.25) is 0 Å². The Morgan fingerprint density at radius 3 is 2.08 bits per heavy atom. The van der Waals surface area contributed by atoms with Crippen molar-refractivity contribution in [2.24, 2.45) is 16.1 Å². The Morgan fingerprint density at radius 2 is 1.38 bits per heavy atom. The molecule has 0 aromatic heterocycles. The zero-order valence-corrected chi connectivity index (χ0v) is 14.9. The fourth-order valence-electron chi connectivity index (χ4n) is 3.78. The van der Waals surface area contributed by atoms with Crippen molar-refractivity contribution < 1.29 is 0 Å². The summed E-state index contributed by atoms with van der Waals surface area (Å²) < 4.78 is 0. The molecule has 1 aliphatic carbocycles. The van der Waals surface area contributed by atoms with Gasteiger partial charge in [-0.2, -0.15) is 5.10 Å². The molecule has 0 amide bonds. The molecule has 1 unspecified atom stereocenters. The van der Waals surface area contributed by atoms with E-state index in [0.29, 0.717) is 0 Å². The lowest BCUT2D eigenvalue weighted by Gasteiger charge is -2.28. The molecule has 0 bridgehead atoms. The Morgan fingerprint density at radius 1 is 0.731 bits per heavy atom. The minimum Gasteiger partial charge on any atom is -0.399 e. The van der Waals surface area contributed by atoms with Gasteiger partial charge in [-0.05, 0) is 54.7 Å². The zero-order chi connectivity index (χ0) is 17.9. The Hall–Kier alpha value is -2.88. The number of nitrogens with zero attached hydrogens (tertiary/aromatic N) is 2. The van der Waals surface area contributed by atoms with Gasteiger partial charge in [0.05, 0.1) is 11.4 Å². The second-order valence-electron chi connectivity index (χ2n) is 7.03. The lowest BCUT2D eigenvalue weighted by molar-refractivity contribution is 0.586. The normalized spacial score (nSPS) is 22.2. The highest BCUT2D eigenvalue weighted by molar-refractivity contribution is 6.20. The Kier molecular flexibility index (Phi) is 4.57. The van der Waals surface area contributed by atoms with Crippen LogP contribution in [0.1, 0.15) is 43.2 Å². The summed E-state index contributed by atoms with van der Waals surface area (Å²) in [6.07, 6.45) is 8.27. The Labute approximate surface area is 154 Å². The van der Waals surface area contributed by atoms with Crippen LogP contribution in [0.2, 0.25) is 0 Å². The van der Waals surface area contributed by atoms with E-state index < -0.39 is 0 Å². The molecule has 26 heavy (non-hydrogen) atoms. The SMILES string of the molecule is Nc1ccc(C2=NN=C(c3ccc(N)cc3)C3CCCCC/C=C/23)cc1. The topological polar surface area (TPSA) is 76.8 Å². The van der Waals surface area contributed by atoms with Crippen molar-refractivity contribution in [3.63, 3.8) is 0 Å². The van der Waals surface area contributed by atoms with Crippen molar-refractivity contribution in [1.82, 2.24) is 0 Å². The maximum absolute atomic E-state index is 5.85.